The minimum absolute atomic E-state index is 0.161. The summed E-state index contributed by atoms with van der Waals surface area (Å²) in [6.45, 7) is 2.12. The van der Waals surface area contributed by atoms with Gasteiger partial charge in [0.15, 0.2) is 5.75 Å². The third kappa shape index (κ3) is 3.38. The number of nitrogens with zero attached hydrogens (tertiary/aromatic N) is 2. The number of pyridine rings is 1. The molecule has 156 valence electrons. The summed E-state index contributed by atoms with van der Waals surface area (Å²) in [7, 11) is 0. The molecule has 0 radical (unpaired) electrons. The molecule has 1 saturated carbocycles. The Labute approximate surface area is 179 Å². The highest BCUT2D eigenvalue weighted by molar-refractivity contribution is 6.22. The highest BCUT2D eigenvalue weighted by atomic mass is 16.5. The number of carbonyl (C=O) groups excluding carboxylic acids is 3. The van der Waals surface area contributed by atoms with Crippen molar-refractivity contribution in [3.63, 3.8) is 0 Å². The molecule has 5 rings (SSSR count). The van der Waals surface area contributed by atoms with Crippen LogP contribution in [0.3, 0.4) is 0 Å². The molecule has 2 heterocycles. The number of hydrogen-bond acceptors (Lipinski definition) is 5. The van der Waals surface area contributed by atoms with E-state index in [2.05, 4.69) is 11.9 Å². The second kappa shape index (κ2) is 7.61. The Balaban J connectivity index is 1.42. The van der Waals surface area contributed by atoms with Crippen LogP contribution < -0.4 is 9.64 Å². The van der Waals surface area contributed by atoms with Gasteiger partial charge in [0.25, 0.3) is 0 Å². The molecule has 3 aromatic rings. The van der Waals surface area contributed by atoms with Gasteiger partial charge in [-0.1, -0.05) is 31.2 Å². The van der Waals surface area contributed by atoms with Gasteiger partial charge in [-0.05, 0) is 55.5 Å². The van der Waals surface area contributed by atoms with Gasteiger partial charge in [0.2, 0.25) is 11.8 Å². The van der Waals surface area contributed by atoms with Gasteiger partial charge in [0.1, 0.15) is 5.52 Å². The van der Waals surface area contributed by atoms with Crippen molar-refractivity contribution in [2.24, 2.45) is 17.8 Å². The molecule has 0 spiro atoms. The highest BCUT2D eigenvalue weighted by Crippen LogP contribution is 2.42. The lowest BCUT2D eigenvalue weighted by atomic mass is 9.76. The Hall–Kier alpha value is -3.54. The largest absolute Gasteiger partial charge is 0.421 e. The molecule has 1 saturated heterocycles. The predicted molar refractivity (Wildman–Crippen MR) is 116 cm³/mol. The van der Waals surface area contributed by atoms with Gasteiger partial charge in [0.05, 0.1) is 23.1 Å². The molecule has 1 aromatic heterocycles. The Morgan fingerprint density at radius 2 is 1.77 bits per heavy atom. The van der Waals surface area contributed by atoms with Gasteiger partial charge >= 0.3 is 5.97 Å². The molecule has 31 heavy (non-hydrogen) atoms. The summed E-state index contributed by atoms with van der Waals surface area (Å²) < 4.78 is 5.60. The van der Waals surface area contributed by atoms with Gasteiger partial charge in [0, 0.05) is 11.6 Å². The lowest BCUT2D eigenvalue weighted by Crippen LogP contribution is -2.31. The summed E-state index contributed by atoms with van der Waals surface area (Å²) in [4.78, 5) is 44.4. The second-order valence-corrected chi connectivity index (χ2v) is 8.41. The molecule has 0 unspecified atom stereocenters. The third-order valence-corrected chi connectivity index (χ3v) is 6.33. The number of esters is 1. The van der Waals surface area contributed by atoms with Crippen molar-refractivity contribution in [1.29, 1.82) is 0 Å². The van der Waals surface area contributed by atoms with Crippen LogP contribution in [-0.4, -0.2) is 22.8 Å². The first-order chi connectivity index (χ1) is 15.0. The van der Waals surface area contributed by atoms with Crippen molar-refractivity contribution in [2.45, 2.75) is 26.2 Å². The first kappa shape index (κ1) is 19.4. The Kier molecular flexibility index (Phi) is 4.77. The van der Waals surface area contributed by atoms with Crippen LogP contribution in [0.4, 0.5) is 5.69 Å². The van der Waals surface area contributed by atoms with Gasteiger partial charge in [-0.25, -0.2) is 4.79 Å². The molecule has 0 bridgehead atoms. The molecule has 6 nitrogen and oxygen atoms in total. The van der Waals surface area contributed by atoms with E-state index in [0.29, 0.717) is 22.9 Å². The quantitative estimate of drug-likeness (QED) is 0.361. The van der Waals surface area contributed by atoms with E-state index in [9.17, 15) is 14.4 Å². The van der Waals surface area contributed by atoms with Crippen molar-refractivity contribution >= 4 is 34.4 Å². The average molecular weight is 414 g/mol. The van der Waals surface area contributed by atoms with Gasteiger partial charge in [-0.15, -0.1) is 0 Å². The lowest BCUT2D eigenvalue weighted by Gasteiger charge is -2.25. The molecule has 6 heteroatoms. The molecular weight excluding hydrogens is 392 g/mol. The number of ether oxygens (including phenoxy) is 1. The van der Waals surface area contributed by atoms with Gasteiger partial charge < -0.3 is 4.74 Å². The molecule has 2 fully saturated rings. The highest BCUT2D eigenvalue weighted by Gasteiger charge is 2.50. The number of anilines is 1. The van der Waals surface area contributed by atoms with E-state index in [1.54, 1.807) is 42.6 Å². The molecule has 1 aliphatic carbocycles. The Bertz CT molecular complexity index is 1200. The summed E-state index contributed by atoms with van der Waals surface area (Å²) in [5.74, 6) is -0.591. The minimum Gasteiger partial charge on any atom is -0.421 e. The number of amides is 2. The monoisotopic (exact) mass is 414 g/mol. The summed E-state index contributed by atoms with van der Waals surface area (Å²) in [6.07, 6.45) is 4.08. The maximum Gasteiger partial charge on any atom is 0.343 e. The first-order valence-electron chi connectivity index (χ1n) is 10.6. The van der Waals surface area contributed by atoms with Crippen molar-refractivity contribution in [3.8, 4) is 5.75 Å². The Morgan fingerprint density at radius 1 is 1.00 bits per heavy atom. The summed E-state index contributed by atoms with van der Waals surface area (Å²) in [6, 6.07) is 15.6. The van der Waals surface area contributed by atoms with Gasteiger partial charge in [-0.3, -0.25) is 19.5 Å². The molecule has 2 aliphatic rings. The fourth-order valence-corrected chi connectivity index (χ4v) is 4.73. The standard InChI is InChI=1S/C25H22N2O4/c1-15-10-11-19-20(13-15)24(29)27(23(19)28)18-8-2-6-17(14-18)25(30)31-21-9-3-5-16-7-4-12-26-22(16)21/h2-9,12,14-15,19-20H,10-11,13H2,1H3/t15-,19-,20+/m1/s1. The Morgan fingerprint density at radius 3 is 2.65 bits per heavy atom. The molecule has 1 aliphatic heterocycles. The predicted octanol–water partition coefficient (Wildman–Crippen LogP) is 4.38. The van der Waals surface area contributed by atoms with Crippen LogP contribution in [0, 0.1) is 17.8 Å². The van der Waals surface area contributed by atoms with Crippen LogP contribution in [0.15, 0.2) is 60.8 Å². The number of para-hydroxylation sites is 1. The topological polar surface area (TPSA) is 76.6 Å². The zero-order valence-corrected chi connectivity index (χ0v) is 17.2. The molecular formula is C25H22N2O4. The first-order valence-corrected chi connectivity index (χ1v) is 10.6. The number of carbonyl (C=O) groups is 3. The number of fused-ring (bicyclic) bond motifs is 2. The second-order valence-electron chi connectivity index (χ2n) is 8.41. The van der Waals surface area contributed by atoms with Crippen LogP contribution in [0.2, 0.25) is 0 Å². The molecule has 3 atom stereocenters. The zero-order chi connectivity index (χ0) is 21.5. The van der Waals surface area contributed by atoms with E-state index in [4.69, 9.17) is 4.74 Å². The van der Waals surface area contributed by atoms with Gasteiger partial charge in [-0.2, -0.15) is 0 Å². The smallest absolute Gasteiger partial charge is 0.343 e. The van der Waals surface area contributed by atoms with Crippen molar-refractivity contribution < 1.29 is 19.1 Å². The fourth-order valence-electron chi connectivity index (χ4n) is 4.73. The van der Waals surface area contributed by atoms with E-state index in [0.717, 1.165) is 24.6 Å². The summed E-state index contributed by atoms with van der Waals surface area (Å²) >= 11 is 0. The van der Waals surface area contributed by atoms with Crippen molar-refractivity contribution in [1.82, 2.24) is 4.98 Å². The van der Waals surface area contributed by atoms with E-state index < -0.39 is 5.97 Å². The number of benzene rings is 2. The third-order valence-electron chi connectivity index (χ3n) is 6.33. The SMILES string of the molecule is C[C@@H]1CC[C@H]2C(=O)N(c3cccc(C(=O)Oc4cccc5cccnc45)c3)C(=O)[C@H]2C1. The van der Waals surface area contributed by atoms with E-state index >= 15 is 0 Å². The molecule has 0 N–H and O–H groups in total. The van der Waals surface area contributed by atoms with Crippen molar-refractivity contribution in [3.05, 3.63) is 66.4 Å². The maximum atomic E-state index is 13.0. The van der Waals surface area contributed by atoms with Crippen molar-refractivity contribution in [2.75, 3.05) is 4.90 Å². The van der Waals surface area contributed by atoms with E-state index in [1.165, 1.54) is 4.90 Å². The van der Waals surface area contributed by atoms with Crippen LogP contribution in [-0.2, 0) is 9.59 Å². The van der Waals surface area contributed by atoms with E-state index in [-0.39, 0.29) is 29.2 Å². The van der Waals surface area contributed by atoms with Crippen LogP contribution in [0.25, 0.3) is 10.9 Å². The number of rotatable bonds is 3. The summed E-state index contributed by atoms with van der Waals surface area (Å²) in [5.41, 5.74) is 1.29. The lowest BCUT2D eigenvalue weighted by molar-refractivity contribution is -0.122. The van der Waals surface area contributed by atoms with Crippen LogP contribution in [0.5, 0.6) is 5.75 Å². The van der Waals surface area contributed by atoms with Crippen LogP contribution >= 0.6 is 0 Å². The maximum absolute atomic E-state index is 13.0. The zero-order valence-electron chi connectivity index (χ0n) is 17.2. The van der Waals surface area contributed by atoms with Crippen LogP contribution in [0.1, 0.15) is 36.5 Å². The number of aromatic nitrogens is 1. The average Bonchev–Trinajstić information content (AvgIpc) is 3.03. The molecule has 2 aromatic carbocycles. The normalized spacial score (nSPS) is 23.1. The summed E-state index contributed by atoms with van der Waals surface area (Å²) in [5, 5.41) is 0.867. The van der Waals surface area contributed by atoms with E-state index in [1.807, 2.05) is 18.2 Å². The number of imide groups is 1. The minimum atomic E-state index is -0.565. The number of hydrogen-bond donors (Lipinski definition) is 0. The fraction of sp³-hybridized carbons (Fsp3) is 0.280. The molecule has 2 amide bonds.